The second-order valence-corrected chi connectivity index (χ2v) is 4.24. The largest absolute Gasteiger partial charge is 0.398 e. The van der Waals surface area contributed by atoms with Crippen LogP contribution in [-0.2, 0) is 6.42 Å². The lowest BCUT2D eigenvalue weighted by Gasteiger charge is -2.09. The van der Waals surface area contributed by atoms with Crippen LogP contribution in [0.3, 0.4) is 0 Å². The SMILES string of the molecule is Cc1cccc(Nc2ccc(N)c(CC#N)c2)c1. The molecule has 0 fully saturated rings. The van der Waals surface area contributed by atoms with Gasteiger partial charge in [0.2, 0.25) is 0 Å². The summed E-state index contributed by atoms with van der Waals surface area (Å²) in [4.78, 5) is 0. The van der Waals surface area contributed by atoms with E-state index in [1.165, 1.54) is 5.56 Å². The molecular formula is C15H15N3. The third-order valence-electron chi connectivity index (χ3n) is 2.72. The minimum Gasteiger partial charge on any atom is -0.398 e. The van der Waals surface area contributed by atoms with E-state index in [4.69, 9.17) is 11.0 Å². The van der Waals surface area contributed by atoms with E-state index < -0.39 is 0 Å². The first-order valence-corrected chi connectivity index (χ1v) is 5.78. The number of nitrogen functional groups attached to an aromatic ring is 1. The van der Waals surface area contributed by atoms with Crippen LogP contribution in [0, 0.1) is 18.3 Å². The standard InChI is InChI=1S/C15H15N3/c1-11-3-2-4-13(9-11)18-14-5-6-15(17)12(10-14)7-8-16/h2-6,9-10,18H,7,17H2,1H3. The molecule has 0 spiro atoms. The van der Waals surface area contributed by atoms with Gasteiger partial charge in [-0.15, -0.1) is 0 Å². The van der Waals surface area contributed by atoms with E-state index in [-0.39, 0.29) is 0 Å². The van der Waals surface area contributed by atoms with Gasteiger partial charge in [-0.3, -0.25) is 0 Å². The highest BCUT2D eigenvalue weighted by Gasteiger charge is 2.01. The van der Waals surface area contributed by atoms with Gasteiger partial charge in [-0.2, -0.15) is 5.26 Å². The van der Waals surface area contributed by atoms with E-state index in [0.29, 0.717) is 12.1 Å². The first-order chi connectivity index (χ1) is 8.69. The van der Waals surface area contributed by atoms with Crippen molar-refractivity contribution < 1.29 is 0 Å². The molecule has 3 N–H and O–H groups in total. The highest BCUT2D eigenvalue weighted by molar-refractivity contribution is 5.65. The number of anilines is 3. The summed E-state index contributed by atoms with van der Waals surface area (Å²) in [5.41, 5.74) is 10.5. The van der Waals surface area contributed by atoms with E-state index >= 15 is 0 Å². The summed E-state index contributed by atoms with van der Waals surface area (Å²) >= 11 is 0. The fraction of sp³-hybridized carbons (Fsp3) is 0.133. The van der Waals surface area contributed by atoms with Crippen molar-refractivity contribution in [3.8, 4) is 6.07 Å². The molecule has 0 saturated heterocycles. The molecular weight excluding hydrogens is 222 g/mol. The molecule has 0 aliphatic carbocycles. The molecule has 0 aliphatic heterocycles. The molecule has 0 bridgehead atoms. The molecule has 0 heterocycles. The minimum atomic E-state index is 0.329. The van der Waals surface area contributed by atoms with Gasteiger partial charge < -0.3 is 11.1 Å². The quantitative estimate of drug-likeness (QED) is 0.804. The highest BCUT2D eigenvalue weighted by Crippen LogP contribution is 2.22. The molecule has 0 saturated carbocycles. The minimum absolute atomic E-state index is 0.329. The van der Waals surface area contributed by atoms with Crippen LogP contribution >= 0.6 is 0 Å². The molecule has 2 aromatic rings. The molecule has 0 unspecified atom stereocenters. The number of aryl methyl sites for hydroxylation is 1. The zero-order valence-electron chi connectivity index (χ0n) is 10.3. The molecule has 3 nitrogen and oxygen atoms in total. The molecule has 0 aromatic heterocycles. The van der Waals surface area contributed by atoms with Crippen molar-refractivity contribution in [3.63, 3.8) is 0 Å². The van der Waals surface area contributed by atoms with Gasteiger partial charge in [-0.1, -0.05) is 12.1 Å². The zero-order chi connectivity index (χ0) is 13.0. The van der Waals surface area contributed by atoms with E-state index in [9.17, 15) is 0 Å². The van der Waals surface area contributed by atoms with Crippen LogP contribution in [0.5, 0.6) is 0 Å². The predicted octanol–water partition coefficient (Wildman–Crippen LogP) is 3.39. The van der Waals surface area contributed by atoms with Crippen LogP contribution in [0.2, 0.25) is 0 Å². The smallest absolute Gasteiger partial charge is 0.0670 e. The first kappa shape index (κ1) is 12.0. The fourth-order valence-electron chi connectivity index (χ4n) is 1.81. The predicted molar refractivity (Wildman–Crippen MR) is 74.6 cm³/mol. The fourth-order valence-corrected chi connectivity index (χ4v) is 1.81. The van der Waals surface area contributed by atoms with Crippen LogP contribution in [0.15, 0.2) is 42.5 Å². The van der Waals surface area contributed by atoms with Crippen molar-refractivity contribution in [2.45, 2.75) is 13.3 Å². The Morgan fingerprint density at radius 3 is 2.67 bits per heavy atom. The maximum Gasteiger partial charge on any atom is 0.0670 e. The molecule has 2 rings (SSSR count). The Hall–Kier alpha value is -2.47. The monoisotopic (exact) mass is 237 g/mol. The maximum atomic E-state index is 8.74. The zero-order valence-corrected chi connectivity index (χ0v) is 10.3. The van der Waals surface area contributed by atoms with E-state index in [1.807, 2.05) is 30.3 Å². The van der Waals surface area contributed by atoms with Gasteiger partial charge in [0.25, 0.3) is 0 Å². The molecule has 0 radical (unpaired) electrons. The number of hydrogen-bond donors (Lipinski definition) is 2. The molecule has 3 heteroatoms. The molecule has 2 aromatic carbocycles. The summed E-state index contributed by atoms with van der Waals surface area (Å²) in [6, 6.07) is 15.9. The van der Waals surface area contributed by atoms with Crippen molar-refractivity contribution >= 4 is 17.1 Å². The van der Waals surface area contributed by atoms with E-state index in [1.54, 1.807) is 0 Å². The number of benzene rings is 2. The number of nitrogens with two attached hydrogens (primary N) is 1. The van der Waals surface area contributed by atoms with Crippen molar-refractivity contribution in [3.05, 3.63) is 53.6 Å². The third-order valence-corrected chi connectivity index (χ3v) is 2.72. The Bertz CT molecular complexity index is 597. The summed E-state index contributed by atoms with van der Waals surface area (Å²) in [5.74, 6) is 0. The first-order valence-electron chi connectivity index (χ1n) is 5.78. The molecule has 90 valence electrons. The number of nitrogens with one attached hydrogen (secondary N) is 1. The lowest BCUT2D eigenvalue weighted by atomic mass is 10.1. The topological polar surface area (TPSA) is 61.8 Å². The van der Waals surface area contributed by atoms with E-state index in [2.05, 4.69) is 30.4 Å². The molecule has 18 heavy (non-hydrogen) atoms. The van der Waals surface area contributed by atoms with Crippen LogP contribution in [0.1, 0.15) is 11.1 Å². The molecule has 0 amide bonds. The van der Waals surface area contributed by atoms with Crippen LogP contribution in [-0.4, -0.2) is 0 Å². The van der Waals surface area contributed by atoms with Crippen molar-refractivity contribution in [1.29, 1.82) is 5.26 Å². The van der Waals surface area contributed by atoms with Crippen molar-refractivity contribution in [1.82, 2.24) is 0 Å². The number of nitriles is 1. The Kier molecular flexibility index (Phi) is 3.49. The van der Waals surface area contributed by atoms with Gasteiger partial charge in [-0.25, -0.2) is 0 Å². The van der Waals surface area contributed by atoms with Gasteiger partial charge >= 0.3 is 0 Å². The number of hydrogen-bond acceptors (Lipinski definition) is 3. The number of nitrogens with zero attached hydrogens (tertiary/aromatic N) is 1. The Labute approximate surface area is 107 Å². The van der Waals surface area contributed by atoms with Gasteiger partial charge in [0.1, 0.15) is 0 Å². The molecule has 0 atom stereocenters. The lowest BCUT2D eigenvalue weighted by Crippen LogP contribution is -1.96. The van der Waals surface area contributed by atoms with Gasteiger partial charge in [-0.05, 0) is 48.4 Å². The van der Waals surface area contributed by atoms with E-state index in [0.717, 1.165) is 16.9 Å². The van der Waals surface area contributed by atoms with Crippen LogP contribution in [0.25, 0.3) is 0 Å². The second kappa shape index (κ2) is 5.24. The summed E-state index contributed by atoms with van der Waals surface area (Å²) in [6.45, 7) is 2.05. The van der Waals surface area contributed by atoms with Gasteiger partial charge in [0.15, 0.2) is 0 Å². The van der Waals surface area contributed by atoms with Gasteiger partial charge in [0, 0.05) is 17.1 Å². The van der Waals surface area contributed by atoms with Crippen LogP contribution in [0.4, 0.5) is 17.1 Å². The van der Waals surface area contributed by atoms with Crippen molar-refractivity contribution in [2.75, 3.05) is 11.1 Å². The highest BCUT2D eigenvalue weighted by atomic mass is 14.9. The Morgan fingerprint density at radius 1 is 1.17 bits per heavy atom. The lowest BCUT2D eigenvalue weighted by molar-refractivity contribution is 1.27. The summed E-state index contributed by atoms with van der Waals surface area (Å²) < 4.78 is 0. The second-order valence-electron chi connectivity index (χ2n) is 4.24. The summed E-state index contributed by atoms with van der Waals surface area (Å²) in [5, 5.41) is 12.0. The summed E-state index contributed by atoms with van der Waals surface area (Å²) in [7, 11) is 0. The molecule has 0 aliphatic rings. The number of rotatable bonds is 3. The normalized spacial score (nSPS) is 9.78. The average molecular weight is 237 g/mol. The van der Waals surface area contributed by atoms with Crippen LogP contribution < -0.4 is 11.1 Å². The third kappa shape index (κ3) is 2.80. The maximum absolute atomic E-state index is 8.74. The van der Waals surface area contributed by atoms with Crippen molar-refractivity contribution in [2.24, 2.45) is 0 Å². The Morgan fingerprint density at radius 2 is 1.94 bits per heavy atom. The average Bonchev–Trinajstić information content (AvgIpc) is 2.34. The Balaban J connectivity index is 2.24. The summed E-state index contributed by atoms with van der Waals surface area (Å²) in [6.07, 6.45) is 0.329. The van der Waals surface area contributed by atoms with Gasteiger partial charge in [0.05, 0.1) is 12.5 Å².